The molecule has 1 unspecified atom stereocenters. The fourth-order valence-electron chi connectivity index (χ4n) is 1.47. The summed E-state index contributed by atoms with van der Waals surface area (Å²) in [6, 6.07) is 2.06. The molecule has 0 bridgehead atoms. The molecule has 0 aromatic carbocycles. The van der Waals surface area contributed by atoms with E-state index in [1.807, 2.05) is 10.6 Å². The third kappa shape index (κ3) is 1.52. The van der Waals surface area contributed by atoms with Crippen LogP contribution in [0.2, 0.25) is 0 Å². The molecule has 0 amide bonds. The summed E-state index contributed by atoms with van der Waals surface area (Å²) in [6.07, 6.45) is 3.80. The minimum atomic E-state index is 0.572. The molecule has 2 aromatic heterocycles. The van der Waals surface area contributed by atoms with Crippen LogP contribution in [0.1, 0.15) is 11.3 Å². The number of pyridine rings is 1. The van der Waals surface area contributed by atoms with Crippen molar-refractivity contribution in [1.29, 1.82) is 0 Å². The largest absolute Gasteiger partial charge is 0.305 e. The normalized spacial score (nSPS) is 11.1. The van der Waals surface area contributed by atoms with Gasteiger partial charge in [-0.05, 0) is 35.6 Å². The van der Waals surface area contributed by atoms with E-state index in [9.17, 15) is 0 Å². The average molecular weight is 228 g/mol. The number of nitrogens with zero attached hydrogens (tertiary/aromatic N) is 2. The minimum Gasteiger partial charge on any atom is -0.305 e. The highest BCUT2D eigenvalue weighted by atomic mass is 35.5. The zero-order valence-corrected chi connectivity index (χ0v) is 9.70. The van der Waals surface area contributed by atoms with Gasteiger partial charge in [0.05, 0.1) is 24.1 Å². The zero-order chi connectivity index (χ0) is 10.1. The van der Waals surface area contributed by atoms with Gasteiger partial charge in [-0.3, -0.25) is 0 Å². The molecule has 2 rings (SSSR count). The molecule has 2 heterocycles. The van der Waals surface area contributed by atoms with Crippen LogP contribution in [0.25, 0.3) is 5.52 Å². The Bertz CT molecular complexity index is 466. The van der Waals surface area contributed by atoms with E-state index in [0.29, 0.717) is 6.54 Å². The molecule has 0 radical (unpaired) electrons. The van der Waals surface area contributed by atoms with Gasteiger partial charge in [0.2, 0.25) is 0 Å². The van der Waals surface area contributed by atoms with Crippen LogP contribution in [0, 0.1) is 6.92 Å². The lowest BCUT2D eigenvalue weighted by Crippen LogP contribution is -2.07. The van der Waals surface area contributed by atoms with Crippen LogP contribution in [-0.4, -0.2) is 9.38 Å². The van der Waals surface area contributed by atoms with Crippen molar-refractivity contribution in [1.82, 2.24) is 14.2 Å². The van der Waals surface area contributed by atoms with Gasteiger partial charge in [0, 0.05) is 6.20 Å². The fourth-order valence-corrected chi connectivity index (χ4v) is 2.01. The maximum atomic E-state index is 5.48. The van der Waals surface area contributed by atoms with E-state index in [0.717, 1.165) is 11.2 Å². The predicted octanol–water partition coefficient (Wildman–Crippen LogP) is 1.39. The average Bonchev–Trinajstić information content (AvgIpc) is 2.57. The number of rotatable bonds is 2. The Morgan fingerprint density at radius 3 is 3.14 bits per heavy atom. The Morgan fingerprint density at radius 1 is 1.64 bits per heavy atom. The second-order valence-electron chi connectivity index (χ2n) is 3.17. The molecular weight excluding hydrogens is 217 g/mol. The lowest BCUT2D eigenvalue weighted by atomic mass is 10.2. The first-order valence-electron chi connectivity index (χ1n) is 4.28. The second kappa shape index (κ2) is 3.85. The molecule has 0 saturated heterocycles. The van der Waals surface area contributed by atoms with Crippen molar-refractivity contribution in [2.75, 3.05) is 0 Å². The zero-order valence-electron chi connectivity index (χ0n) is 7.79. The second-order valence-corrected chi connectivity index (χ2v) is 4.01. The molecule has 0 saturated carbocycles. The number of imidazole rings is 1. The third-order valence-corrected chi connectivity index (χ3v) is 3.13. The van der Waals surface area contributed by atoms with Crippen LogP contribution in [-0.2, 0) is 6.54 Å². The van der Waals surface area contributed by atoms with Gasteiger partial charge < -0.3 is 4.40 Å². The first-order valence-corrected chi connectivity index (χ1v) is 5.23. The summed E-state index contributed by atoms with van der Waals surface area (Å²) in [7, 11) is 2.74. The summed E-state index contributed by atoms with van der Waals surface area (Å²) in [5, 5.41) is 1.17. The van der Waals surface area contributed by atoms with Gasteiger partial charge in [0.25, 0.3) is 0 Å². The maximum Gasteiger partial charge on any atom is 0.0996 e. The first kappa shape index (κ1) is 9.91. The molecule has 0 aliphatic carbocycles. The number of aryl methyl sites for hydroxylation is 1. The summed E-state index contributed by atoms with van der Waals surface area (Å²) in [5.41, 5.74) is 3.32. The molecule has 1 N–H and O–H groups in total. The van der Waals surface area contributed by atoms with E-state index in [1.54, 1.807) is 6.33 Å². The van der Waals surface area contributed by atoms with E-state index >= 15 is 0 Å². The van der Waals surface area contributed by atoms with Gasteiger partial charge in [-0.15, -0.1) is 9.24 Å². The molecule has 0 fully saturated rings. The van der Waals surface area contributed by atoms with Crippen LogP contribution < -0.4 is 10.1 Å². The van der Waals surface area contributed by atoms with Gasteiger partial charge in [-0.25, -0.2) is 9.82 Å². The summed E-state index contributed by atoms with van der Waals surface area (Å²) in [4.78, 5) is 6.89. The van der Waals surface area contributed by atoms with E-state index < -0.39 is 0 Å². The fraction of sp³-hybridized carbons (Fsp3) is 0.222. The molecule has 2 aromatic rings. The molecule has 14 heavy (non-hydrogen) atoms. The highest BCUT2D eigenvalue weighted by molar-refractivity contribution is 7.28. The Balaban J connectivity index is 2.69. The first-order chi connectivity index (χ1) is 6.74. The summed E-state index contributed by atoms with van der Waals surface area (Å²) in [5.74, 6) is 0. The number of halogens is 1. The molecule has 3 nitrogen and oxygen atoms in total. The van der Waals surface area contributed by atoms with Crippen LogP contribution in [0.15, 0.2) is 18.6 Å². The van der Waals surface area contributed by atoms with Crippen molar-refractivity contribution in [3.05, 3.63) is 29.8 Å². The third-order valence-electron chi connectivity index (χ3n) is 2.27. The summed E-state index contributed by atoms with van der Waals surface area (Å²) >= 11 is 5.48. The van der Waals surface area contributed by atoms with Crippen molar-refractivity contribution in [3.8, 4) is 0 Å². The molecule has 0 aliphatic rings. The van der Waals surface area contributed by atoms with Gasteiger partial charge in [0.15, 0.2) is 0 Å². The predicted molar refractivity (Wildman–Crippen MR) is 62.0 cm³/mol. The van der Waals surface area contributed by atoms with Crippen molar-refractivity contribution in [3.63, 3.8) is 0 Å². The maximum absolute atomic E-state index is 5.48. The molecule has 0 spiro atoms. The number of nitrogens with one attached hydrogen (secondary N) is 1. The van der Waals surface area contributed by atoms with Crippen LogP contribution in [0.3, 0.4) is 0 Å². The number of aromatic nitrogens is 2. The Labute approximate surface area is 89.8 Å². The number of hydrogen-bond acceptors (Lipinski definition) is 2. The molecule has 0 aliphatic heterocycles. The monoisotopic (exact) mass is 227 g/mol. The molecule has 5 heteroatoms. The lowest BCUT2D eigenvalue weighted by Gasteiger charge is -2.04. The standard InChI is InChI=1S/C9H11ClN3P/c1-6-2-3-13-5-11-7(4-12-10)8(13)9(6)14/h2-3,5,12H,4,14H2,1H3. The Hall–Kier alpha value is -0.630. The summed E-state index contributed by atoms with van der Waals surface area (Å²) < 4.78 is 2.00. The molecule has 74 valence electrons. The van der Waals surface area contributed by atoms with Crippen molar-refractivity contribution in [2.24, 2.45) is 0 Å². The highest BCUT2D eigenvalue weighted by Crippen LogP contribution is 2.12. The quantitative estimate of drug-likeness (QED) is 0.621. The van der Waals surface area contributed by atoms with Crippen LogP contribution in [0.4, 0.5) is 0 Å². The van der Waals surface area contributed by atoms with Crippen LogP contribution >= 0.6 is 21.0 Å². The van der Waals surface area contributed by atoms with Gasteiger partial charge in [0.1, 0.15) is 0 Å². The van der Waals surface area contributed by atoms with Crippen molar-refractivity contribution < 1.29 is 0 Å². The van der Waals surface area contributed by atoms with Crippen molar-refractivity contribution >= 4 is 31.8 Å². The summed E-state index contributed by atoms with van der Waals surface area (Å²) in [6.45, 7) is 2.65. The van der Waals surface area contributed by atoms with Gasteiger partial charge in [-0.2, -0.15) is 0 Å². The number of hydrogen-bond donors (Lipinski definition) is 1. The van der Waals surface area contributed by atoms with Gasteiger partial charge in [-0.1, -0.05) is 0 Å². The van der Waals surface area contributed by atoms with Crippen LogP contribution in [0.5, 0.6) is 0 Å². The Morgan fingerprint density at radius 2 is 2.43 bits per heavy atom. The highest BCUT2D eigenvalue weighted by Gasteiger charge is 2.07. The minimum absolute atomic E-state index is 0.572. The lowest BCUT2D eigenvalue weighted by molar-refractivity contribution is 0.934. The SMILES string of the molecule is Cc1ccn2cnc(CNCl)c2c1P. The van der Waals surface area contributed by atoms with Crippen molar-refractivity contribution in [2.45, 2.75) is 13.5 Å². The molecule has 1 atom stereocenters. The van der Waals surface area contributed by atoms with E-state index in [2.05, 4.69) is 32.0 Å². The molecular formula is C9H11ClN3P. The topological polar surface area (TPSA) is 29.3 Å². The van der Waals surface area contributed by atoms with E-state index in [1.165, 1.54) is 10.9 Å². The number of fused-ring (bicyclic) bond motifs is 1. The Kier molecular flexibility index (Phi) is 2.73. The van der Waals surface area contributed by atoms with Gasteiger partial charge >= 0.3 is 0 Å². The smallest absolute Gasteiger partial charge is 0.0996 e. The van der Waals surface area contributed by atoms with E-state index in [4.69, 9.17) is 11.8 Å². The van der Waals surface area contributed by atoms with E-state index in [-0.39, 0.29) is 0 Å².